The number of benzene rings is 1. The van der Waals surface area contributed by atoms with Crippen molar-refractivity contribution in [1.29, 1.82) is 0 Å². The molecule has 0 atom stereocenters. The number of fused-ring (bicyclic) bond motifs is 3. The quantitative estimate of drug-likeness (QED) is 0.761. The Bertz CT molecular complexity index is 693. The van der Waals surface area contributed by atoms with Crippen LogP contribution in [-0.2, 0) is 12.8 Å². The van der Waals surface area contributed by atoms with E-state index in [0.29, 0.717) is 25.1 Å². The number of aryl methyl sites for hydroxylation is 2. The summed E-state index contributed by atoms with van der Waals surface area (Å²) < 4.78 is 0. The van der Waals surface area contributed by atoms with Crippen molar-refractivity contribution in [2.24, 2.45) is 0 Å². The number of carbonyl (C=O) groups excluding carboxylic acids is 1. The van der Waals surface area contributed by atoms with Gasteiger partial charge in [-0.25, -0.2) is 0 Å². The van der Waals surface area contributed by atoms with Gasteiger partial charge in [0.05, 0.1) is 6.61 Å². The van der Waals surface area contributed by atoms with E-state index in [1.165, 1.54) is 24.1 Å². The summed E-state index contributed by atoms with van der Waals surface area (Å²) in [5.74, 6) is -0.0832. The minimum Gasteiger partial charge on any atom is -0.396 e. The van der Waals surface area contributed by atoms with Crippen molar-refractivity contribution in [3.8, 4) is 0 Å². The maximum atomic E-state index is 12.7. The molecule has 3 N–H and O–H groups in total. The van der Waals surface area contributed by atoms with Crippen LogP contribution in [0, 0.1) is 0 Å². The van der Waals surface area contributed by atoms with Crippen molar-refractivity contribution in [2.75, 3.05) is 26.3 Å². The normalized spacial score (nSPS) is 14.0. The van der Waals surface area contributed by atoms with E-state index in [1.54, 1.807) is 4.90 Å². The fourth-order valence-corrected chi connectivity index (χ4v) is 3.42. The number of aromatic nitrogens is 1. The second-order valence-corrected chi connectivity index (χ2v) is 6.14. The third-order valence-corrected chi connectivity index (χ3v) is 4.59. The lowest BCUT2D eigenvalue weighted by molar-refractivity contribution is 0.0710. The van der Waals surface area contributed by atoms with E-state index in [0.717, 1.165) is 23.7 Å². The van der Waals surface area contributed by atoms with Gasteiger partial charge in [-0.15, -0.1) is 0 Å². The van der Waals surface area contributed by atoms with Crippen molar-refractivity contribution in [1.82, 2.24) is 9.88 Å². The second-order valence-electron chi connectivity index (χ2n) is 6.14. The first kappa shape index (κ1) is 16.0. The van der Waals surface area contributed by atoms with E-state index in [-0.39, 0.29) is 19.1 Å². The van der Waals surface area contributed by atoms with E-state index in [9.17, 15) is 4.79 Å². The summed E-state index contributed by atoms with van der Waals surface area (Å²) >= 11 is 0. The van der Waals surface area contributed by atoms with Crippen molar-refractivity contribution in [2.45, 2.75) is 32.1 Å². The summed E-state index contributed by atoms with van der Waals surface area (Å²) in [6.07, 6.45) is 5.09. The molecule has 23 heavy (non-hydrogen) atoms. The van der Waals surface area contributed by atoms with Crippen LogP contribution in [0.1, 0.15) is 40.9 Å². The lowest BCUT2D eigenvalue weighted by Crippen LogP contribution is -2.34. The van der Waals surface area contributed by atoms with Crippen LogP contribution in [0.5, 0.6) is 0 Å². The summed E-state index contributed by atoms with van der Waals surface area (Å²) in [6, 6.07) is 5.79. The topological polar surface area (TPSA) is 76.6 Å². The highest BCUT2D eigenvalue weighted by molar-refractivity contribution is 5.99. The standard InChI is InChI=1S/C18H24N2O3/c21-10-3-8-20(9-11-22)18(23)13-6-7-17-15(12-13)14-4-1-2-5-16(14)19-17/h6-7,12,19,21-22H,1-5,8-11H2. The van der Waals surface area contributed by atoms with Crippen molar-refractivity contribution >= 4 is 16.8 Å². The first-order chi connectivity index (χ1) is 11.2. The Labute approximate surface area is 135 Å². The Morgan fingerprint density at radius 1 is 1.13 bits per heavy atom. The highest BCUT2D eigenvalue weighted by Crippen LogP contribution is 2.29. The number of nitrogens with zero attached hydrogens (tertiary/aromatic N) is 1. The Hall–Kier alpha value is -1.85. The highest BCUT2D eigenvalue weighted by Gasteiger charge is 2.19. The monoisotopic (exact) mass is 316 g/mol. The second kappa shape index (κ2) is 7.15. The van der Waals surface area contributed by atoms with Gasteiger partial charge < -0.3 is 20.1 Å². The van der Waals surface area contributed by atoms with Crippen molar-refractivity contribution in [3.05, 3.63) is 35.0 Å². The zero-order chi connectivity index (χ0) is 16.2. The Balaban J connectivity index is 1.90. The molecule has 124 valence electrons. The Morgan fingerprint density at radius 2 is 1.96 bits per heavy atom. The smallest absolute Gasteiger partial charge is 0.253 e. The third kappa shape index (κ3) is 3.26. The number of hydrogen-bond acceptors (Lipinski definition) is 3. The predicted octanol–water partition coefficient (Wildman–Crippen LogP) is 1.86. The van der Waals surface area contributed by atoms with Crippen LogP contribution in [0.2, 0.25) is 0 Å². The first-order valence-corrected chi connectivity index (χ1v) is 8.39. The number of amides is 1. The molecular weight excluding hydrogens is 292 g/mol. The minimum absolute atomic E-state index is 0.0412. The fourth-order valence-electron chi connectivity index (χ4n) is 3.42. The number of rotatable bonds is 6. The molecule has 0 unspecified atom stereocenters. The summed E-state index contributed by atoms with van der Waals surface area (Å²) in [7, 11) is 0. The molecule has 0 fully saturated rings. The van der Waals surface area contributed by atoms with Crippen molar-refractivity contribution in [3.63, 3.8) is 0 Å². The average molecular weight is 316 g/mol. The maximum absolute atomic E-state index is 12.7. The molecule has 0 bridgehead atoms. The summed E-state index contributed by atoms with van der Waals surface area (Å²) in [5.41, 5.74) is 4.40. The molecule has 1 aliphatic rings. The zero-order valence-electron chi connectivity index (χ0n) is 13.3. The molecule has 0 saturated carbocycles. The van der Waals surface area contributed by atoms with Gasteiger partial charge in [0.25, 0.3) is 5.91 Å². The van der Waals surface area contributed by atoms with Gasteiger partial charge in [0, 0.05) is 41.9 Å². The summed E-state index contributed by atoms with van der Waals surface area (Å²) in [6.45, 7) is 0.722. The van der Waals surface area contributed by atoms with Gasteiger partial charge in [-0.05, 0) is 55.9 Å². The fraction of sp³-hybridized carbons (Fsp3) is 0.500. The molecule has 1 amide bonds. The summed E-state index contributed by atoms with van der Waals surface area (Å²) in [4.78, 5) is 17.8. The molecule has 0 saturated heterocycles. The lowest BCUT2D eigenvalue weighted by Gasteiger charge is -2.21. The Morgan fingerprint density at radius 3 is 2.74 bits per heavy atom. The molecule has 2 aromatic rings. The molecular formula is C18H24N2O3. The number of carbonyl (C=O) groups is 1. The molecule has 5 nitrogen and oxygen atoms in total. The first-order valence-electron chi connectivity index (χ1n) is 8.39. The maximum Gasteiger partial charge on any atom is 0.253 e. The number of aromatic amines is 1. The van der Waals surface area contributed by atoms with Crippen LogP contribution >= 0.6 is 0 Å². The van der Waals surface area contributed by atoms with Gasteiger partial charge in [-0.1, -0.05) is 0 Å². The van der Waals surface area contributed by atoms with E-state index in [2.05, 4.69) is 4.98 Å². The number of nitrogens with one attached hydrogen (secondary N) is 1. The molecule has 5 heteroatoms. The minimum atomic E-state index is -0.0832. The molecule has 0 radical (unpaired) electrons. The largest absolute Gasteiger partial charge is 0.396 e. The van der Waals surface area contributed by atoms with Crippen LogP contribution < -0.4 is 0 Å². The molecule has 1 aliphatic carbocycles. The highest BCUT2D eigenvalue weighted by atomic mass is 16.3. The van der Waals surface area contributed by atoms with Gasteiger partial charge in [-0.2, -0.15) is 0 Å². The van der Waals surface area contributed by atoms with Gasteiger partial charge in [-0.3, -0.25) is 4.79 Å². The molecule has 1 aromatic heterocycles. The van der Waals surface area contributed by atoms with Gasteiger partial charge in [0.1, 0.15) is 0 Å². The summed E-state index contributed by atoms with van der Waals surface area (Å²) in [5, 5.41) is 19.3. The molecule has 0 aliphatic heterocycles. The van der Waals surface area contributed by atoms with Gasteiger partial charge in [0.15, 0.2) is 0 Å². The van der Waals surface area contributed by atoms with E-state index in [1.807, 2.05) is 18.2 Å². The zero-order valence-corrected chi connectivity index (χ0v) is 13.3. The molecule has 1 heterocycles. The SMILES string of the molecule is O=C(c1ccc2[nH]c3c(c2c1)CCCC3)N(CCO)CCCO. The van der Waals surface area contributed by atoms with E-state index < -0.39 is 0 Å². The van der Waals surface area contributed by atoms with Gasteiger partial charge in [0.2, 0.25) is 0 Å². The molecule has 1 aromatic carbocycles. The predicted molar refractivity (Wildman–Crippen MR) is 89.6 cm³/mol. The number of H-pyrrole nitrogens is 1. The van der Waals surface area contributed by atoms with Crippen LogP contribution in [0.3, 0.4) is 0 Å². The van der Waals surface area contributed by atoms with Crippen molar-refractivity contribution < 1.29 is 15.0 Å². The van der Waals surface area contributed by atoms with Crippen LogP contribution in [-0.4, -0.2) is 52.3 Å². The van der Waals surface area contributed by atoms with Gasteiger partial charge >= 0.3 is 0 Å². The number of aliphatic hydroxyl groups is 2. The number of aliphatic hydroxyl groups excluding tert-OH is 2. The van der Waals surface area contributed by atoms with Crippen LogP contribution in [0.25, 0.3) is 10.9 Å². The lowest BCUT2D eigenvalue weighted by atomic mass is 9.95. The van der Waals surface area contributed by atoms with Crippen LogP contribution in [0.4, 0.5) is 0 Å². The van der Waals surface area contributed by atoms with E-state index in [4.69, 9.17) is 10.2 Å². The average Bonchev–Trinajstić information content (AvgIpc) is 2.96. The molecule has 3 rings (SSSR count). The third-order valence-electron chi connectivity index (χ3n) is 4.59. The molecule has 0 spiro atoms. The van der Waals surface area contributed by atoms with Crippen LogP contribution in [0.15, 0.2) is 18.2 Å². The number of hydrogen-bond donors (Lipinski definition) is 3. The Kier molecular flexibility index (Phi) is 4.98. The van der Waals surface area contributed by atoms with E-state index >= 15 is 0 Å².